The van der Waals surface area contributed by atoms with Gasteiger partial charge in [-0.05, 0) is 25.0 Å². The highest BCUT2D eigenvalue weighted by Gasteiger charge is 2.20. The average Bonchev–Trinajstić information content (AvgIpc) is 2.78. The van der Waals surface area contributed by atoms with E-state index in [1.54, 1.807) is 0 Å². The predicted octanol–water partition coefficient (Wildman–Crippen LogP) is 2.02. The number of fused-ring (bicyclic) bond motifs is 1. The Balaban J connectivity index is 2.11. The highest BCUT2D eigenvalue weighted by Crippen LogP contribution is 2.29. The van der Waals surface area contributed by atoms with E-state index in [-0.39, 0.29) is 0 Å². The lowest BCUT2D eigenvalue weighted by Crippen LogP contribution is -2.25. The van der Waals surface area contributed by atoms with Gasteiger partial charge in [0.1, 0.15) is 0 Å². The number of imidazole rings is 1. The molecule has 1 aliphatic rings. The lowest BCUT2D eigenvalue weighted by molar-refractivity contribution is 0.373. The second kappa shape index (κ2) is 4.37. The van der Waals surface area contributed by atoms with Crippen molar-refractivity contribution in [2.24, 2.45) is 0 Å². The van der Waals surface area contributed by atoms with Crippen LogP contribution in [0.1, 0.15) is 18.9 Å². The Morgan fingerprint density at radius 3 is 2.76 bits per heavy atom. The normalized spacial score (nSPS) is 17.5. The van der Waals surface area contributed by atoms with Gasteiger partial charge in [0.05, 0.1) is 11.0 Å². The molecule has 3 rings (SSSR count). The summed E-state index contributed by atoms with van der Waals surface area (Å²) in [5, 5.41) is 7.62. The molecule has 0 spiro atoms. The van der Waals surface area contributed by atoms with Crippen molar-refractivity contribution in [3.05, 3.63) is 24.3 Å². The summed E-state index contributed by atoms with van der Waals surface area (Å²) in [6.07, 6.45) is 2.24. The smallest absolute Gasteiger partial charge is 0.203 e. The maximum absolute atomic E-state index is 4.63. The molecule has 1 N–H and O–H groups in total. The Morgan fingerprint density at radius 2 is 2.00 bits per heavy atom. The first kappa shape index (κ1) is 10.6. The summed E-state index contributed by atoms with van der Waals surface area (Å²) in [6.45, 7) is 1.95. The number of para-hydroxylation sites is 2. The number of nitrogens with zero attached hydrogens (tertiary/aromatic N) is 3. The Kier molecular flexibility index (Phi) is 2.73. The minimum Gasteiger partial charge on any atom is -0.359 e. The lowest BCUT2D eigenvalue weighted by atomic mass is 10.1. The third kappa shape index (κ3) is 1.78. The number of anilines is 1. The highest BCUT2D eigenvalue weighted by atomic mass is 15.2. The van der Waals surface area contributed by atoms with Crippen LogP contribution in [-0.2, 0) is 0 Å². The summed E-state index contributed by atoms with van der Waals surface area (Å²) < 4.78 is 2.34. The average molecular weight is 229 g/mol. The Labute approximate surface area is 101 Å². The van der Waals surface area contributed by atoms with Crippen molar-refractivity contribution < 1.29 is 0 Å². The molecule has 89 valence electrons. The molecule has 0 saturated carbocycles. The van der Waals surface area contributed by atoms with Crippen LogP contribution < -0.4 is 10.6 Å². The Hall–Kier alpha value is -1.55. The summed E-state index contributed by atoms with van der Waals surface area (Å²) in [5.74, 6) is 0.970. The van der Waals surface area contributed by atoms with Crippen LogP contribution in [0.25, 0.3) is 11.0 Å². The Morgan fingerprint density at radius 1 is 1.24 bits per heavy atom. The van der Waals surface area contributed by atoms with E-state index in [4.69, 9.17) is 0 Å². The molecular formula is C13H17N4. The zero-order valence-corrected chi connectivity index (χ0v) is 10.1. The second-order valence-corrected chi connectivity index (χ2v) is 4.45. The number of aromatic nitrogens is 2. The molecule has 4 heteroatoms. The van der Waals surface area contributed by atoms with E-state index < -0.39 is 0 Å². The van der Waals surface area contributed by atoms with E-state index in [1.165, 1.54) is 5.52 Å². The third-order valence-corrected chi connectivity index (χ3v) is 3.43. The van der Waals surface area contributed by atoms with Gasteiger partial charge in [-0.1, -0.05) is 12.1 Å². The molecule has 1 saturated heterocycles. The second-order valence-electron chi connectivity index (χ2n) is 4.45. The Bertz CT molecular complexity index is 511. The third-order valence-electron chi connectivity index (χ3n) is 3.43. The molecule has 0 bridgehead atoms. The topological polar surface area (TPSA) is 44.0 Å². The van der Waals surface area contributed by atoms with Gasteiger partial charge in [0.25, 0.3) is 0 Å². The number of nitrogens with one attached hydrogen (secondary N) is 1. The first-order valence-corrected chi connectivity index (χ1v) is 6.18. The van der Waals surface area contributed by atoms with Crippen LogP contribution in [-0.4, -0.2) is 29.7 Å². The SMILES string of the molecule is CNc1nc2ccccc2n1C1CC[N]CC1. The molecule has 0 amide bonds. The van der Waals surface area contributed by atoms with Gasteiger partial charge in [0, 0.05) is 26.2 Å². The maximum Gasteiger partial charge on any atom is 0.203 e. The minimum atomic E-state index is 0.530. The van der Waals surface area contributed by atoms with E-state index >= 15 is 0 Å². The quantitative estimate of drug-likeness (QED) is 0.856. The maximum atomic E-state index is 4.63. The molecule has 4 nitrogen and oxygen atoms in total. The van der Waals surface area contributed by atoms with Crippen molar-refractivity contribution in [3.8, 4) is 0 Å². The van der Waals surface area contributed by atoms with E-state index in [0.29, 0.717) is 6.04 Å². The van der Waals surface area contributed by atoms with Crippen molar-refractivity contribution in [2.75, 3.05) is 25.5 Å². The largest absolute Gasteiger partial charge is 0.359 e. The highest BCUT2D eigenvalue weighted by molar-refractivity contribution is 5.78. The van der Waals surface area contributed by atoms with Crippen molar-refractivity contribution in [2.45, 2.75) is 18.9 Å². The van der Waals surface area contributed by atoms with Crippen molar-refractivity contribution in [3.63, 3.8) is 0 Å². The van der Waals surface area contributed by atoms with Crippen LogP contribution in [0.4, 0.5) is 5.95 Å². The standard InChI is InChI=1S/C13H17N4/c1-14-13-16-11-4-2-3-5-12(11)17(13)10-6-8-15-9-7-10/h2-5,10H,6-9H2,1H3,(H,14,16). The molecule has 1 aromatic carbocycles. The van der Waals surface area contributed by atoms with Crippen molar-refractivity contribution >= 4 is 17.0 Å². The number of hydrogen-bond acceptors (Lipinski definition) is 2. The molecule has 2 heterocycles. The van der Waals surface area contributed by atoms with Gasteiger partial charge < -0.3 is 9.88 Å². The van der Waals surface area contributed by atoms with Gasteiger partial charge in [-0.25, -0.2) is 10.3 Å². The minimum absolute atomic E-state index is 0.530. The van der Waals surface area contributed by atoms with Gasteiger partial charge in [-0.3, -0.25) is 0 Å². The fraction of sp³-hybridized carbons (Fsp3) is 0.462. The first-order chi connectivity index (χ1) is 8.40. The van der Waals surface area contributed by atoms with Gasteiger partial charge >= 0.3 is 0 Å². The lowest BCUT2D eigenvalue weighted by Gasteiger charge is -2.25. The zero-order chi connectivity index (χ0) is 11.7. The molecule has 1 radical (unpaired) electrons. The summed E-state index contributed by atoms with van der Waals surface area (Å²) in [6, 6.07) is 8.86. The fourth-order valence-electron chi connectivity index (χ4n) is 2.59. The van der Waals surface area contributed by atoms with E-state index in [0.717, 1.165) is 37.4 Å². The van der Waals surface area contributed by atoms with Gasteiger partial charge in [0.2, 0.25) is 5.95 Å². The molecule has 1 fully saturated rings. The van der Waals surface area contributed by atoms with Crippen LogP contribution in [0.3, 0.4) is 0 Å². The molecule has 1 aromatic heterocycles. The summed E-state index contributed by atoms with van der Waals surface area (Å²) in [5.41, 5.74) is 2.29. The fourth-order valence-corrected chi connectivity index (χ4v) is 2.59. The van der Waals surface area contributed by atoms with Crippen LogP contribution >= 0.6 is 0 Å². The van der Waals surface area contributed by atoms with Crippen molar-refractivity contribution in [1.29, 1.82) is 0 Å². The molecule has 0 aliphatic carbocycles. The molecule has 17 heavy (non-hydrogen) atoms. The van der Waals surface area contributed by atoms with Crippen LogP contribution in [0.5, 0.6) is 0 Å². The van der Waals surface area contributed by atoms with E-state index in [1.807, 2.05) is 13.1 Å². The number of piperidine rings is 1. The molecule has 0 unspecified atom stereocenters. The molecular weight excluding hydrogens is 212 g/mol. The summed E-state index contributed by atoms with van der Waals surface area (Å²) >= 11 is 0. The molecule has 2 aromatic rings. The van der Waals surface area contributed by atoms with Gasteiger partial charge in [-0.2, -0.15) is 0 Å². The number of benzene rings is 1. The number of rotatable bonds is 2. The number of hydrogen-bond donors (Lipinski definition) is 1. The van der Waals surface area contributed by atoms with Crippen molar-refractivity contribution in [1.82, 2.24) is 14.9 Å². The summed E-state index contributed by atoms with van der Waals surface area (Å²) in [4.78, 5) is 4.63. The van der Waals surface area contributed by atoms with E-state index in [2.05, 4.69) is 38.4 Å². The molecule has 1 aliphatic heterocycles. The van der Waals surface area contributed by atoms with Crippen LogP contribution in [0.15, 0.2) is 24.3 Å². The van der Waals surface area contributed by atoms with E-state index in [9.17, 15) is 0 Å². The van der Waals surface area contributed by atoms with Gasteiger partial charge in [0.15, 0.2) is 0 Å². The predicted molar refractivity (Wildman–Crippen MR) is 69.4 cm³/mol. The summed E-state index contributed by atoms with van der Waals surface area (Å²) in [7, 11) is 1.94. The van der Waals surface area contributed by atoms with Crippen LogP contribution in [0.2, 0.25) is 0 Å². The zero-order valence-electron chi connectivity index (χ0n) is 10.1. The first-order valence-electron chi connectivity index (χ1n) is 6.18. The van der Waals surface area contributed by atoms with Gasteiger partial charge in [-0.15, -0.1) is 0 Å². The molecule has 0 atom stereocenters. The monoisotopic (exact) mass is 229 g/mol. The van der Waals surface area contributed by atoms with Crippen LogP contribution in [0, 0.1) is 0 Å².